The number of nitrogens with one attached hydrogen (secondary N) is 1. The second kappa shape index (κ2) is 6.90. The Kier molecular flexibility index (Phi) is 5.82. The summed E-state index contributed by atoms with van der Waals surface area (Å²) in [5.74, 6) is 0.457. The Morgan fingerprint density at radius 3 is 2.50 bits per heavy atom. The molecule has 18 heavy (non-hydrogen) atoms. The summed E-state index contributed by atoms with van der Waals surface area (Å²) in [6.45, 7) is 9.66. The van der Waals surface area contributed by atoms with Gasteiger partial charge < -0.3 is 10.1 Å². The Labute approximate surface area is 111 Å². The molecule has 104 valence electrons. The van der Waals surface area contributed by atoms with E-state index in [2.05, 4.69) is 38.1 Å². The molecule has 0 saturated heterocycles. The molecule has 1 aromatic rings. The number of hydrogen-bond acceptors (Lipinski definition) is 3. The van der Waals surface area contributed by atoms with Crippen molar-refractivity contribution < 1.29 is 4.74 Å². The van der Waals surface area contributed by atoms with Crippen molar-refractivity contribution in [2.24, 2.45) is 13.0 Å². The van der Waals surface area contributed by atoms with E-state index in [-0.39, 0.29) is 12.1 Å². The van der Waals surface area contributed by atoms with E-state index in [1.807, 2.05) is 17.9 Å². The van der Waals surface area contributed by atoms with Crippen LogP contribution in [-0.2, 0) is 11.8 Å². The average molecular weight is 253 g/mol. The highest BCUT2D eigenvalue weighted by Crippen LogP contribution is 2.26. The highest BCUT2D eigenvalue weighted by Gasteiger charge is 2.28. The van der Waals surface area contributed by atoms with E-state index in [0.717, 1.165) is 13.0 Å². The zero-order valence-corrected chi connectivity index (χ0v) is 12.5. The minimum atomic E-state index is 0.158. The highest BCUT2D eigenvalue weighted by molar-refractivity contribution is 5.21. The van der Waals surface area contributed by atoms with Crippen LogP contribution in [0.1, 0.15) is 44.5 Å². The first-order valence-electron chi connectivity index (χ1n) is 6.77. The molecule has 1 N–H and O–H groups in total. The van der Waals surface area contributed by atoms with Crippen molar-refractivity contribution in [1.82, 2.24) is 15.1 Å². The van der Waals surface area contributed by atoms with Crippen LogP contribution in [0.2, 0.25) is 0 Å². The summed E-state index contributed by atoms with van der Waals surface area (Å²) < 4.78 is 7.66. The first-order valence-corrected chi connectivity index (χ1v) is 6.77. The predicted octanol–water partition coefficient (Wildman–Crippen LogP) is 2.44. The minimum absolute atomic E-state index is 0.158. The van der Waals surface area contributed by atoms with Crippen molar-refractivity contribution in [3.63, 3.8) is 0 Å². The standard InChI is InChI=1S/C14H27N3O/c1-7-8-15-12(14(18-6)10(2)3)13-11(4)9-16-17(13)5/h9-10,12,14-15H,7-8H2,1-6H3. The molecular formula is C14H27N3O. The number of methoxy groups -OCH3 is 1. The van der Waals surface area contributed by atoms with Gasteiger partial charge in [-0.15, -0.1) is 0 Å². The summed E-state index contributed by atoms with van der Waals surface area (Å²) in [6.07, 6.45) is 3.19. The molecule has 0 aliphatic rings. The molecule has 0 fully saturated rings. The SMILES string of the molecule is CCCNC(c1c(C)cnn1C)C(OC)C(C)C. The molecule has 0 amide bonds. The van der Waals surface area contributed by atoms with Gasteiger partial charge in [-0.05, 0) is 31.4 Å². The summed E-state index contributed by atoms with van der Waals surface area (Å²) in [4.78, 5) is 0. The van der Waals surface area contributed by atoms with Gasteiger partial charge in [-0.2, -0.15) is 5.10 Å². The Bertz CT molecular complexity index is 340. The smallest absolute Gasteiger partial charge is 0.0804 e. The van der Waals surface area contributed by atoms with Crippen molar-refractivity contribution >= 4 is 0 Å². The second-order valence-corrected chi connectivity index (χ2v) is 5.21. The Balaban J connectivity index is 3.04. The topological polar surface area (TPSA) is 39.1 Å². The summed E-state index contributed by atoms with van der Waals surface area (Å²) in [6, 6.07) is 0.197. The lowest BCUT2D eigenvalue weighted by Crippen LogP contribution is -2.38. The third kappa shape index (κ3) is 3.33. The molecular weight excluding hydrogens is 226 g/mol. The molecule has 0 aliphatic heterocycles. The fourth-order valence-electron chi connectivity index (χ4n) is 2.46. The first-order chi connectivity index (χ1) is 8.52. The van der Waals surface area contributed by atoms with Crippen LogP contribution < -0.4 is 5.32 Å². The van der Waals surface area contributed by atoms with Crippen LogP contribution in [0.15, 0.2) is 6.20 Å². The maximum Gasteiger partial charge on any atom is 0.0804 e. The van der Waals surface area contributed by atoms with Gasteiger partial charge in [-0.25, -0.2) is 0 Å². The van der Waals surface area contributed by atoms with Gasteiger partial charge in [-0.1, -0.05) is 20.8 Å². The quantitative estimate of drug-likeness (QED) is 0.811. The van der Waals surface area contributed by atoms with E-state index in [9.17, 15) is 0 Å². The van der Waals surface area contributed by atoms with Gasteiger partial charge in [0.15, 0.2) is 0 Å². The normalized spacial score (nSPS) is 15.1. The Morgan fingerprint density at radius 2 is 2.11 bits per heavy atom. The van der Waals surface area contributed by atoms with E-state index in [1.165, 1.54) is 11.3 Å². The molecule has 2 atom stereocenters. The second-order valence-electron chi connectivity index (χ2n) is 5.21. The van der Waals surface area contributed by atoms with E-state index in [0.29, 0.717) is 5.92 Å². The first kappa shape index (κ1) is 15.2. The molecule has 0 aliphatic carbocycles. The monoisotopic (exact) mass is 253 g/mol. The van der Waals surface area contributed by atoms with Crippen molar-refractivity contribution in [1.29, 1.82) is 0 Å². The molecule has 4 nitrogen and oxygen atoms in total. The van der Waals surface area contributed by atoms with Gasteiger partial charge >= 0.3 is 0 Å². The number of ether oxygens (including phenoxy) is 1. The summed E-state index contributed by atoms with van der Waals surface area (Å²) in [7, 11) is 3.78. The third-order valence-electron chi connectivity index (χ3n) is 3.34. The van der Waals surface area contributed by atoms with Gasteiger partial charge in [0.1, 0.15) is 0 Å². The predicted molar refractivity (Wildman–Crippen MR) is 74.6 cm³/mol. The summed E-state index contributed by atoms with van der Waals surface area (Å²) >= 11 is 0. The maximum absolute atomic E-state index is 5.70. The number of hydrogen-bond donors (Lipinski definition) is 1. The summed E-state index contributed by atoms with van der Waals surface area (Å²) in [5, 5.41) is 7.94. The van der Waals surface area contributed by atoms with Crippen molar-refractivity contribution in [3.05, 3.63) is 17.5 Å². The van der Waals surface area contributed by atoms with Gasteiger partial charge in [0.2, 0.25) is 0 Å². The van der Waals surface area contributed by atoms with Crippen LogP contribution in [0.5, 0.6) is 0 Å². The van der Waals surface area contributed by atoms with Crippen LogP contribution in [-0.4, -0.2) is 29.5 Å². The van der Waals surface area contributed by atoms with E-state index < -0.39 is 0 Å². The van der Waals surface area contributed by atoms with Crippen LogP contribution in [0.3, 0.4) is 0 Å². The van der Waals surface area contributed by atoms with Crippen molar-refractivity contribution in [2.45, 2.75) is 46.3 Å². The van der Waals surface area contributed by atoms with E-state index in [4.69, 9.17) is 4.74 Å². The maximum atomic E-state index is 5.70. The number of nitrogens with zero attached hydrogens (tertiary/aromatic N) is 2. The molecule has 4 heteroatoms. The lowest BCUT2D eigenvalue weighted by molar-refractivity contribution is 0.0302. The number of aromatic nitrogens is 2. The fourth-order valence-corrected chi connectivity index (χ4v) is 2.46. The zero-order chi connectivity index (χ0) is 13.7. The van der Waals surface area contributed by atoms with E-state index >= 15 is 0 Å². The highest BCUT2D eigenvalue weighted by atomic mass is 16.5. The Hall–Kier alpha value is -0.870. The van der Waals surface area contributed by atoms with Gasteiger partial charge in [-0.3, -0.25) is 4.68 Å². The molecule has 1 heterocycles. The molecule has 1 rings (SSSR count). The van der Waals surface area contributed by atoms with Crippen LogP contribution in [0.4, 0.5) is 0 Å². The molecule has 0 bridgehead atoms. The largest absolute Gasteiger partial charge is 0.379 e. The zero-order valence-electron chi connectivity index (χ0n) is 12.5. The molecule has 0 radical (unpaired) electrons. The minimum Gasteiger partial charge on any atom is -0.379 e. The lowest BCUT2D eigenvalue weighted by atomic mass is 9.95. The summed E-state index contributed by atoms with van der Waals surface area (Å²) in [5.41, 5.74) is 2.44. The number of rotatable bonds is 7. The van der Waals surface area contributed by atoms with Crippen LogP contribution in [0, 0.1) is 12.8 Å². The Morgan fingerprint density at radius 1 is 1.44 bits per heavy atom. The average Bonchev–Trinajstić information content (AvgIpc) is 2.64. The van der Waals surface area contributed by atoms with Gasteiger partial charge in [0, 0.05) is 14.2 Å². The molecule has 0 saturated carbocycles. The van der Waals surface area contributed by atoms with Crippen molar-refractivity contribution in [2.75, 3.05) is 13.7 Å². The lowest BCUT2D eigenvalue weighted by Gasteiger charge is -2.30. The fraction of sp³-hybridized carbons (Fsp3) is 0.786. The van der Waals surface area contributed by atoms with Crippen LogP contribution >= 0.6 is 0 Å². The van der Waals surface area contributed by atoms with Gasteiger partial charge in [0.25, 0.3) is 0 Å². The third-order valence-corrected chi connectivity index (χ3v) is 3.34. The van der Waals surface area contributed by atoms with Gasteiger partial charge in [0.05, 0.1) is 24.0 Å². The van der Waals surface area contributed by atoms with E-state index in [1.54, 1.807) is 7.11 Å². The molecule has 0 aromatic carbocycles. The van der Waals surface area contributed by atoms with Crippen LogP contribution in [0.25, 0.3) is 0 Å². The molecule has 2 unspecified atom stereocenters. The molecule has 1 aromatic heterocycles. The number of aryl methyl sites for hydroxylation is 2. The van der Waals surface area contributed by atoms with Crippen molar-refractivity contribution in [3.8, 4) is 0 Å². The molecule has 0 spiro atoms.